The van der Waals surface area contributed by atoms with Gasteiger partial charge in [-0.05, 0) is 40.2 Å². The third-order valence-electron chi connectivity index (χ3n) is 2.01. The summed E-state index contributed by atoms with van der Waals surface area (Å²) in [4.78, 5) is 0. The number of aromatic nitrogens is 2. The minimum Gasteiger partial charge on any atom is -0.504 e. The Balaban J connectivity index is 2.41. The van der Waals surface area contributed by atoms with E-state index in [2.05, 4.69) is 21.0 Å². The van der Waals surface area contributed by atoms with Crippen LogP contribution in [0.2, 0.25) is 0 Å². The zero-order valence-corrected chi connectivity index (χ0v) is 9.60. The first kappa shape index (κ1) is 10.0. The lowest BCUT2D eigenvalue weighted by atomic mass is 10.3. The summed E-state index contributed by atoms with van der Waals surface area (Å²) in [7, 11) is 1.62. The molecule has 0 fully saturated rings. The molecule has 0 saturated heterocycles. The summed E-state index contributed by atoms with van der Waals surface area (Å²) in [6.45, 7) is 0. The molecule has 0 radical (unpaired) electrons. The monoisotopic (exact) mass is 268 g/mol. The number of halogens is 1. The van der Waals surface area contributed by atoms with Crippen LogP contribution in [0.4, 0.5) is 0 Å². The molecule has 0 spiro atoms. The van der Waals surface area contributed by atoms with Gasteiger partial charge < -0.3 is 9.84 Å². The van der Waals surface area contributed by atoms with E-state index in [1.54, 1.807) is 11.8 Å². The minimum absolute atomic E-state index is 0.116. The highest BCUT2D eigenvalue weighted by atomic mass is 79.9. The van der Waals surface area contributed by atoms with Crippen LogP contribution in [-0.4, -0.2) is 22.0 Å². The molecule has 0 atom stereocenters. The van der Waals surface area contributed by atoms with E-state index in [0.29, 0.717) is 4.60 Å². The fourth-order valence-electron chi connectivity index (χ4n) is 1.23. The van der Waals surface area contributed by atoms with Crippen LogP contribution in [0, 0.1) is 0 Å². The minimum atomic E-state index is 0.116. The van der Waals surface area contributed by atoms with Gasteiger partial charge in [-0.1, -0.05) is 0 Å². The van der Waals surface area contributed by atoms with Crippen LogP contribution < -0.4 is 4.74 Å². The van der Waals surface area contributed by atoms with Crippen LogP contribution in [-0.2, 0) is 0 Å². The third-order valence-corrected chi connectivity index (χ3v) is 2.75. The number of rotatable bonds is 2. The highest BCUT2D eigenvalue weighted by molar-refractivity contribution is 9.10. The summed E-state index contributed by atoms with van der Waals surface area (Å²) < 4.78 is 7.18. The lowest BCUT2D eigenvalue weighted by molar-refractivity contribution is 0.414. The summed E-state index contributed by atoms with van der Waals surface area (Å²) in [5.41, 5.74) is 0.850. The average Bonchev–Trinajstić information content (AvgIpc) is 2.60. The number of ether oxygens (including phenoxy) is 1. The van der Waals surface area contributed by atoms with Crippen LogP contribution >= 0.6 is 15.9 Å². The largest absolute Gasteiger partial charge is 0.504 e. The molecule has 0 unspecified atom stereocenters. The molecule has 0 aliphatic rings. The molecule has 4 nitrogen and oxygen atoms in total. The average molecular weight is 269 g/mol. The van der Waals surface area contributed by atoms with Crippen molar-refractivity contribution < 1.29 is 9.84 Å². The molecular weight excluding hydrogens is 260 g/mol. The van der Waals surface area contributed by atoms with E-state index in [-0.39, 0.29) is 5.75 Å². The van der Waals surface area contributed by atoms with E-state index in [0.717, 1.165) is 11.4 Å². The predicted molar refractivity (Wildman–Crippen MR) is 59.5 cm³/mol. The number of aromatic hydroxyl groups is 1. The Morgan fingerprint density at radius 2 is 2.00 bits per heavy atom. The molecule has 5 heteroatoms. The van der Waals surface area contributed by atoms with Crippen LogP contribution in [0.3, 0.4) is 0 Å². The Bertz CT molecular complexity index is 465. The quantitative estimate of drug-likeness (QED) is 0.910. The van der Waals surface area contributed by atoms with Crippen molar-refractivity contribution in [2.75, 3.05) is 7.11 Å². The number of benzene rings is 1. The van der Waals surface area contributed by atoms with Gasteiger partial charge in [0.2, 0.25) is 0 Å². The van der Waals surface area contributed by atoms with Gasteiger partial charge in [-0.15, -0.1) is 0 Å². The third kappa shape index (κ3) is 1.83. The Morgan fingerprint density at radius 3 is 2.47 bits per heavy atom. The zero-order chi connectivity index (χ0) is 10.8. The van der Waals surface area contributed by atoms with Crippen molar-refractivity contribution in [3.05, 3.63) is 35.1 Å². The van der Waals surface area contributed by atoms with E-state index in [9.17, 15) is 5.11 Å². The standard InChI is InChI=1S/C10H9BrN2O2/c1-15-8-4-2-7(3-5-8)13-10(11)9(14)6-12-13/h2-6,14H,1H3. The molecule has 0 amide bonds. The lowest BCUT2D eigenvalue weighted by Gasteiger charge is -2.04. The molecule has 78 valence electrons. The maximum atomic E-state index is 9.35. The molecular formula is C10H9BrN2O2. The Labute approximate surface area is 95.2 Å². The number of hydrogen-bond acceptors (Lipinski definition) is 3. The number of nitrogens with zero attached hydrogens (tertiary/aromatic N) is 2. The molecule has 1 aromatic heterocycles. The Hall–Kier alpha value is -1.49. The van der Waals surface area contributed by atoms with Crippen LogP contribution in [0.1, 0.15) is 0 Å². The lowest BCUT2D eigenvalue weighted by Crippen LogP contribution is -1.96. The normalized spacial score (nSPS) is 10.3. The van der Waals surface area contributed by atoms with Crippen LogP contribution in [0.5, 0.6) is 11.5 Å². The van der Waals surface area contributed by atoms with Gasteiger partial charge in [-0.25, -0.2) is 4.68 Å². The van der Waals surface area contributed by atoms with Crippen molar-refractivity contribution in [1.82, 2.24) is 9.78 Å². The molecule has 1 heterocycles. The maximum absolute atomic E-state index is 9.35. The van der Waals surface area contributed by atoms with Gasteiger partial charge in [-0.2, -0.15) is 5.10 Å². The van der Waals surface area contributed by atoms with Gasteiger partial charge >= 0.3 is 0 Å². The molecule has 2 aromatic rings. The number of hydrogen-bond donors (Lipinski definition) is 1. The molecule has 0 bridgehead atoms. The maximum Gasteiger partial charge on any atom is 0.168 e. The first-order valence-electron chi connectivity index (χ1n) is 4.29. The van der Waals surface area contributed by atoms with Gasteiger partial charge in [0.05, 0.1) is 19.0 Å². The summed E-state index contributed by atoms with van der Waals surface area (Å²) >= 11 is 3.24. The van der Waals surface area contributed by atoms with Gasteiger partial charge in [0, 0.05) is 0 Å². The smallest absolute Gasteiger partial charge is 0.168 e. The van der Waals surface area contributed by atoms with Crippen molar-refractivity contribution in [1.29, 1.82) is 0 Å². The predicted octanol–water partition coefficient (Wildman–Crippen LogP) is 2.35. The topological polar surface area (TPSA) is 47.3 Å². The molecule has 2 rings (SSSR count). The summed E-state index contributed by atoms with van der Waals surface area (Å²) in [6, 6.07) is 7.38. The summed E-state index contributed by atoms with van der Waals surface area (Å²) in [6.07, 6.45) is 1.38. The second-order valence-corrected chi connectivity index (χ2v) is 3.68. The molecule has 0 aliphatic carbocycles. The SMILES string of the molecule is COc1ccc(-n2ncc(O)c2Br)cc1. The van der Waals surface area contributed by atoms with Crippen LogP contribution in [0.15, 0.2) is 35.1 Å². The van der Waals surface area contributed by atoms with E-state index in [1.807, 2.05) is 24.3 Å². The molecule has 0 aliphatic heterocycles. The fraction of sp³-hybridized carbons (Fsp3) is 0.100. The fourth-order valence-corrected chi connectivity index (χ4v) is 1.63. The van der Waals surface area contributed by atoms with E-state index >= 15 is 0 Å². The Kier molecular flexibility index (Phi) is 2.64. The first-order chi connectivity index (χ1) is 7.22. The van der Waals surface area contributed by atoms with Crippen molar-refractivity contribution in [3.63, 3.8) is 0 Å². The van der Waals surface area contributed by atoms with Gasteiger partial charge in [0.15, 0.2) is 10.4 Å². The van der Waals surface area contributed by atoms with E-state index < -0.39 is 0 Å². The summed E-state index contributed by atoms with van der Waals surface area (Å²) in [5, 5.41) is 13.4. The van der Waals surface area contributed by atoms with Crippen molar-refractivity contribution in [2.24, 2.45) is 0 Å². The van der Waals surface area contributed by atoms with Crippen molar-refractivity contribution in [2.45, 2.75) is 0 Å². The second-order valence-electron chi connectivity index (χ2n) is 2.93. The van der Waals surface area contributed by atoms with Gasteiger partial charge in [-0.3, -0.25) is 0 Å². The second kappa shape index (κ2) is 3.94. The Morgan fingerprint density at radius 1 is 1.33 bits per heavy atom. The highest BCUT2D eigenvalue weighted by Gasteiger charge is 2.07. The molecule has 15 heavy (non-hydrogen) atoms. The van der Waals surface area contributed by atoms with E-state index in [4.69, 9.17) is 4.74 Å². The highest BCUT2D eigenvalue weighted by Crippen LogP contribution is 2.26. The van der Waals surface area contributed by atoms with Gasteiger partial charge in [0.1, 0.15) is 5.75 Å². The summed E-state index contributed by atoms with van der Waals surface area (Å²) in [5.74, 6) is 0.900. The molecule has 1 aromatic carbocycles. The van der Waals surface area contributed by atoms with E-state index in [1.165, 1.54) is 6.20 Å². The van der Waals surface area contributed by atoms with Crippen LogP contribution in [0.25, 0.3) is 5.69 Å². The van der Waals surface area contributed by atoms with Gasteiger partial charge in [0.25, 0.3) is 0 Å². The molecule has 0 saturated carbocycles. The van der Waals surface area contributed by atoms with Crippen molar-refractivity contribution >= 4 is 15.9 Å². The molecule has 1 N–H and O–H groups in total. The zero-order valence-electron chi connectivity index (χ0n) is 8.01. The first-order valence-corrected chi connectivity index (χ1v) is 5.08. The number of methoxy groups -OCH3 is 1. The van der Waals surface area contributed by atoms with Crippen molar-refractivity contribution in [3.8, 4) is 17.2 Å².